The molecule has 204 valence electrons. The lowest BCUT2D eigenvalue weighted by atomic mass is 9.95. The van der Waals surface area contributed by atoms with Crippen LogP contribution in [0, 0.1) is 25.7 Å². The van der Waals surface area contributed by atoms with E-state index in [9.17, 15) is 9.59 Å². The molecule has 0 bridgehead atoms. The fourth-order valence-electron chi connectivity index (χ4n) is 6.07. The first-order valence-electron chi connectivity index (χ1n) is 14.9. The summed E-state index contributed by atoms with van der Waals surface area (Å²) in [5, 5.41) is 0. The maximum atomic E-state index is 14.2. The smallest absolute Gasteiger partial charge is 0.259 e. The molecule has 2 unspecified atom stereocenters. The Balaban J connectivity index is 1.81. The van der Waals surface area contributed by atoms with Crippen molar-refractivity contribution in [3.05, 3.63) is 58.7 Å². The molecule has 0 spiro atoms. The fraction of sp³-hybridized carbons (Fsp3) is 0.529. The standard InChI is InChI=1S/C34H46N2O2/c1-7-11-13-25(9-3)21-35-29-19-23(5)15-17-27(29)31(33(35)37)32-28-18-16-24(6)20-30(28)36(34(32)38)22-26(10-4)14-12-8-2/h15-20,25-26H,7-14,21-22H2,1-6H3. The number of carbonyl (C=O) groups is 2. The van der Waals surface area contributed by atoms with Crippen LogP contribution in [0.2, 0.25) is 0 Å². The molecule has 0 N–H and O–H groups in total. The van der Waals surface area contributed by atoms with E-state index in [-0.39, 0.29) is 11.8 Å². The Kier molecular flexibility index (Phi) is 9.12. The molecular formula is C34H46N2O2. The van der Waals surface area contributed by atoms with E-state index in [0.29, 0.717) is 36.1 Å². The molecule has 0 aromatic heterocycles. The number of benzene rings is 2. The molecule has 0 saturated carbocycles. The third-order valence-electron chi connectivity index (χ3n) is 8.56. The van der Waals surface area contributed by atoms with Gasteiger partial charge in [-0.05, 0) is 61.8 Å². The van der Waals surface area contributed by atoms with Gasteiger partial charge < -0.3 is 9.80 Å². The second-order valence-corrected chi connectivity index (χ2v) is 11.5. The van der Waals surface area contributed by atoms with Gasteiger partial charge in [-0.1, -0.05) is 90.5 Å². The Morgan fingerprint density at radius 3 is 1.37 bits per heavy atom. The molecule has 0 fully saturated rings. The third kappa shape index (κ3) is 5.46. The Bertz CT molecular complexity index is 1120. The molecule has 2 aliphatic heterocycles. The second kappa shape index (κ2) is 12.3. The van der Waals surface area contributed by atoms with E-state index in [1.807, 2.05) is 9.80 Å². The molecule has 2 aromatic rings. The number of nitrogens with zero attached hydrogens (tertiary/aromatic N) is 2. The van der Waals surface area contributed by atoms with E-state index in [1.54, 1.807) is 0 Å². The first-order valence-corrected chi connectivity index (χ1v) is 14.9. The molecule has 4 rings (SSSR count). The van der Waals surface area contributed by atoms with Crippen LogP contribution in [0.1, 0.15) is 101 Å². The Morgan fingerprint density at radius 1 is 0.632 bits per heavy atom. The van der Waals surface area contributed by atoms with E-state index < -0.39 is 0 Å². The molecule has 4 nitrogen and oxygen atoms in total. The molecule has 2 aliphatic rings. The summed E-state index contributed by atoms with van der Waals surface area (Å²) in [7, 11) is 0. The van der Waals surface area contributed by atoms with Crippen molar-refractivity contribution in [3.63, 3.8) is 0 Å². The normalized spacial score (nSPS) is 18.3. The predicted octanol–water partition coefficient (Wildman–Crippen LogP) is 8.34. The Hall–Kier alpha value is -2.88. The monoisotopic (exact) mass is 514 g/mol. The number of carbonyl (C=O) groups excluding carboxylic acids is 2. The number of aryl methyl sites for hydroxylation is 2. The molecular weight excluding hydrogens is 468 g/mol. The zero-order chi connectivity index (χ0) is 27.4. The quantitative estimate of drug-likeness (QED) is 0.267. The van der Waals surface area contributed by atoms with Crippen LogP contribution in [0.4, 0.5) is 11.4 Å². The highest BCUT2D eigenvalue weighted by Crippen LogP contribution is 2.47. The van der Waals surface area contributed by atoms with Gasteiger partial charge in [0.25, 0.3) is 11.8 Å². The van der Waals surface area contributed by atoms with E-state index in [1.165, 1.54) is 12.8 Å². The summed E-state index contributed by atoms with van der Waals surface area (Å²) >= 11 is 0. The molecule has 4 heteroatoms. The van der Waals surface area contributed by atoms with Crippen LogP contribution in [-0.2, 0) is 9.59 Å². The highest BCUT2D eigenvalue weighted by Gasteiger charge is 2.42. The lowest BCUT2D eigenvalue weighted by Gasteiger charge is -2.24. The average Bonchev–Trinajstić information content (AvgIpc) is 3.32. The third-order valence-corrected chi connectivity index (χ3v) is 8.56. The summed E-state index contributed by atoms with van der Waals surface area (Å²) in [5.74, 6) is 0.864. The Labute approximate surface area is 230 Å². The van der Waals surface area contributed by atoms with E-state index in [4.69, 9.17) is 0 Å². The molecule has 2 amide bonds. The zero-order valence-electron chi connectivity index (χ0n) is 24.4. The maximum absolute atomic E-state index is 14.2. The predicted molar refractivity (Wildman–Crippen MR) is 160 cm³/mol. The van der Waals surface area contributed by atoms with Gasteiger partial charge in [0.2, 0.25) is 0 Å². The van der Waals surface area contributed by atoms with Crippen LogP contribution in [0.3, 0.4) is 0 Å². The van der Waals surface area contributed by atoms with Crippen molar-refractivity contribution in [1.82, 2.24) is 0 Å². The minimum Gasteiger partial charge on any atom is -0.307 e. The van der Waals surface area contributed by atoms with Crippen LogP contribution in [0.5, 0.6) is 0 Å². The molecule has 2 aromatic carbocycles. The zero-order valence-corrected chi connectivity index (χ0v) is 24.4. The summed E-state index contributed by atoms with van der Waals surface area (Å²) in [5.41, 5.74) is 7.16. The number of fused-ring (bicyclic) bond motifs is 2. The Morgan fingerprint density at radius 2 is 1.03 bits per heavy atom. The summed E-state index contributed by atoms with van der Waals surface area (Å²) in [6, 6.07) is 12.5. The number of hydrogen-bond donors (Lipinski definition) is 0. The SMILES string of the molecule is CCCCC(CC)CN1C(=O)C(=C2C(=O)N(CC(CC)CCCC)c3cc(C)ccc32)c2ccc(C)cc21. The number of hydrogen-bond acceptors (Lipinski definition) is 2. The highest BCUT2D eigenvalue weighted by atomic mass is 16.2. The number of rotatable bonds is 12. The van der Waals surface area contributed by atoms with Crippen LogP contribution < -0.4 is 9.80 Å². The second-order valence-electron chi connectivity index (χ2n) is 11.5. The molecule has 0 aliphatic carbocycles. The first-order chi connectivity index (χ1) is 18.3. The maximum Gasteiger partial charge on any atom is 0.259 e. The van der Waals surface area contributed by atoms with Gasteiger partial charge in [-0.3, -0.25) is 9.59 Å². The van der Waals surface area contributed by atoms with Gasteiger partial charge in [0.15, 0.2) is 0 Å². The highest BCUT2D eigenvalue weighted by molar-refractivity contribution is 6.49. The number of unbranched alkanes of at least 4 members (excludes halogenated alkanes) is 2. The van der Waals surface area contributed by atoms with E-state index in [0.717, 1.165) is 72.2 Å². The summed E-state index contributed by atoms with van der Waals surface area (Å²) in [4.78, 5) is 32.4. The van der Waals surface area contributed by atoms with Crippen molar-refractivity contribution in [1.29, 1.82) is 0 Å². The van der Waals surface area contributed by atoms with Gasteiger partial charge in [-0.25, -0.2) is 0 Å². The van der Waals surface area contributed by atoms with Gasteiger partial charge in [-0.15, -0.1) is 0 Å². The van der Waals surface area contributed by atoms with Crippen molar-refractivity contribution < 1.29 is 9.59 Å². The molecule has 2 atom stereocenters. The molecule has 2 heterocycles. The van der Waals surface area contributed by atoms with Crippen molar-refractivity contribution in [2.24, 2.45) is 11.8 Å². The van der Waals surface area contributed by atoms with Crippen LogP contribution in [0.15, 0.2) is 36.4 Å². The van der Waals surface area contributed by atoms with Crippen molar-refractivity contribution in [3.8, 4) is 0 Å². The summed E-state index contributed by atoms with van der Waals surface area (Å²) < 4.78 is 0. The van der Waals surface area contributed by atoms with Gasteiger partial charge in [0.1, 0.15) is 0 Å². The van der Waals surface area contributed by atoms with Gasteiger partial charge in [-0.2, -0.15) is 0 Å². The number of amides is 2. The summed E-state index contributed by atoms with van der Waals surface area (Å²) in [6.07, 6.45) is 8.99. The van der Waals surface area contributed by atoms with Crippen LogP contribution >= 0.6 is 0 Å². The lowest BCUT2D eigenvalue weighted by molar-refractivity contribution is -0.114. The minimum absolute atomic E-state index is 0.0182. The lowest BCUT2D eigenvalue weighted by Crippen LogP contribution is -2.34. The average molecular weight is 515 g/mol. The van der Waals surface area contributed by atoms with Gasteiger partial charge in [0.05, 0.1) is 22.5 Å². The van der Waals surface area contributed by atoms with E-state index >= 15 is 0 Å². The van der Waals surface area contributed by atoms with E-state index in [2.05, 4.69) is 77.9 Å². The minimum atomic E-state index is -0.0182. The van der Waals surface area contributed by atoms with Gasteiger partial charge >= 0.3 is 0 Å². The summed E-state index contributed by atoms with van der Waals surface area (Å²) in [6.45, 7) is 14.4. The van der Waals surface area contributed by atoms with Crippen molar-refractivity contribution in [2.45, 2.75) is 92.9 Å². The van der Waals surface area contributed by atoms with Crippen molar-refractivity contribution in [2.75, 3.05) is 22.9 Å². The van der Waals surface area contributed by atoms with Crippen molar-refractivity contribution >= 4 is 34.3 Å². The largest absolute Gasteiger partial charge is 0.307 e. The number of anilines is 2. The first kappa shape index (κ1) is 28.1. The topological polar surface area (TPSA) is 40.6 Å². The molecule has 0 saturated heterocycles. The molecule has 0 radical (unpaired) electrons. The van der Waals surface area contributed by atoms with Crippen LogP contribution in [0.25, 0.3) is 11.1 Å². The molecule has 38 heavy (non-hydrogen) atoms. The van der Waals surface area contributed by atoms with Crippen LogP contribution in [-0.4, -0.2) is 24.9 Å². The fourth-order valence-corrected chi connectivity index (χ4v) is 6.07. The van der Waals surface area contributed by atoms with Gasteiger partial charge in [0, 0.05) is 24.2 Å².